The van der Waals surface area contributed by atoms with E-state index in [4.69, 9.17) is 23.7 Å². The molecule has 3 heterocycles. The molecule has 0 aromatic heterocycles. The van der Waals surface area contributed by atoms with Crippen LogP contribution in [0.3, 0.4) is 0 Å². The first-order valence-electron chi connectivity index (χ1n) is 11.7. The molecular weight excluding hydrogens is 458 g/mol. The van der Waals surface area contributed by atoms with Crippen molar-refractivity contribution in [2.75, 3.05) is 6.54 Å². The van der Waals surface area contributed by atoms with Crippen LogP contribution in [0.5, 0.6) is 0 Å². The Morgan fingerprint density at radius 1 is 0.886 bits per heavy atom. The van der Waals surface area contributed by atoms with Crippen molar-refractivity contribution >= 4 is 17.7 Å². The lowest BCUT2D eigenvalue weighted by atomic mass is 9.98. The van der Waals surface area contributed by atoms with Crippen molar-refractivity contribution in [3.05, 3.63) is 35.9 Å². The number of hydrogen-bond acceptors (Lipinski definition) is 8. The number of carbonyl (C=O) groups excluding carboxylic acids is 3. The Kier molecular flexibility index (Phi) is 7.16. The van der Waals surface area contributed by atoms with Gasteiger partial charge in [-0.25, -0.2) is 0 Å². The SMILES string of the molecule is CC(NC(=O)CNC(=O)C1OC2OC(C)(C)OC2C2OC(C)(C)OC12)C(=O)NCc1ccccc1. The third-order valence-corrected chi connectivity index (χ3v) is 5.92. The molecule has 0 radical (unpaired) electrons. The molecule has 11 heteroatoms. The molecule has 35 heavy (non-hydrogen) atoms. The molecule has 0 spiro atoms. The Morgan fingerprint density at radius 2 is 1.51 bits per heavy atom. The van der Waals surface area contributed by atoms with Gasteiger partial charge in [-0.3, -0.25) is 14.4 Å². The topological polar surface area (TPSA) is 133 Å². The Morgan fingerprint density at radius 3 is 2.23 bits per heavy atom. The van der Waals surface area contributed by atoms with Crippen LogP contribution in [0.25, 0.3) is 0 Å². The van der Waals surface area contributed by atoms with Crippen molar-refractivity contribution in [1.29, 1.82) is 0 Å². The van der Waals surface area contributed by atoms with Gasteiger partial charge >= 0.3 is 0 Å². The first-order valence-corrected chi connectivity index (χ1v) is 11.7. The van der Waals surface area contributed by atoms with E-state index in [9.17, 15) is 14.4 Å². The van der Waals surface area contributed by atoms with Crippen molar-refractivity contribution in [2.24, 2.45) is 0 Å². The Bertz CT molecular complexity index is 953. The van der Waals surface area contributed by atoms with Gasteiger partial charge in [0.05, 0.1) is 6.54 Å². The molecule has 6 unspecified atom stereocenters. The number of benzene rings is 1. The summed E-state index contributed by atoms with van der Waals surface area (Å²) in [5.74, 6) is -3.25. The monoisotopic (exact) mass is 491 g/mol. The largest absolute Gasteiger partial charge is 0.350 e. The molecule has 1 aromatic carbocycles. The van der Waals surface area contributed by atoms with Crippen LogP contribution < -0.4 is 16.0 Å². The lowest BCUT2D eigenvalue weighted by Crippen LogP contribution is -2.60. The second-order valence-corrected chi connectivity index (χ2v) is 9.80. The van der Waals surface area contributed by atoms with Gasteiger partial charge in [-0.1, -0.05) is 30.3 Å². The van der Waals surface area contributed by atoms with Crippen LogP contribution in [0.4, 0.5) is 0 Å². The van der Waals surface area contributed by atoms with Crippen molar-refractivity contribution in [2.45, 2.75) is 89.5 Å². The molecule has 3 fully saturated rings. The highest BCUT2D eigenvalue weighted by molar-refractivity contribution is 5.90. The van der Waals surface area contributed by atoms with Crippen molar-refractivity contribution < 1.29 is 38.1 Å². The van der Waals surface area contributed by atoms with E-state index in [0.29, 0.717) is 6.54 Å². The summed E-state index contributed by atoms with van der Waals surface area (Å²) in [6, 6.07) is 8.65. The number of carbonyl (C=O) groups is 3. The van der Waals surface area contributed by atoms with Gasteiger partial charge in [-0.05, 0) is 40.2 Å². The lowest BCUT2D eigenvalue weighted by molar-refractivity contribution is -0.231. The lowest BCUT2D eigenvalue weighted by Gasteiger charge is -2.36. The number of fused-ring (bicyclic) bond motifs is 3. The minimum Gasteiger partial charge on any atom is -0.350 e. The molecule has 192 valence electrons. The maximum atomic E-state index is 13.0. The summed E-state index contributed by atoms with van der Waals surface area (Å²) >= 11 is 0. The first-order chi connectivity index (χ1) is 16.4. The van der Waals surface area contributed by atoms with E-state index in [1.165, 1.54) is 0 Å². The minimum absolute atomic E-state index is 0.335. The molecule has 0 aliphatic carbocycles. The zero-order valence-corrected chi connectivity index (χ0v) is 20.5. The fourth-order valence-electron chi connectivity index (χ4n) is 4.39. The molecular formula is C24H33N3O8. The quantitative estimate of drug-likeness (QED) is 0.497. The molecule has 4 rings (SSSR count). The highest BCUT2D eigenvalue weighted by Gasteiger charge is 2.62. The smallest absolute Gasteiger partial charge is 0.252 e. The summed E-state index contributed by atoms with van der Waals surface area (Å²) in [6.07, 6.45) is -3.76. The number of amides is 3. The highest BCUT2D eigenvalue weighted by atomic mass is 16.9. The molecule has 3 aliphatic rings. The van der Waals surface area contributed by atoms with Crippen LogP contribution in [0.1, 0.15) is 40.2 Å². The third kappa shape index (κ3) is 5.99. The second kappa shape index (κ2) is 9.82. The van der Waals surface area contributed by atoms with E-state index in [1.807, 2.05) is 30.3 Å². The summed E-state index contributed by atoms with van der Waals surface area (Å²) in [5, 5.41) is 7.89. The average molecular weight is 492 g/mol. The summed E-state index contributed by atoms with van der Waals surface area (Å²) in [6.45, 7) is 8.57. The molecule has 11 nitrogen and oxygen atoms in total. The fraction of sp³-hybridized carbons (Fsp3) is 0.625. The molecule has 3 amide bonds. The van der Waals surface area contributed by atoms with Crippen molar-refractivity contribution in [3.8, 4) is 0 Å². The van der Waals surface area contributed by atoms with Crippen LogP contribution in [-0.2, 0) is 44.6 Å². The summed E-state index contributed by atoms with van der Waals surface area (Å²) in [4.78, 5) is 37.6. The number of rotatable bonds is 7. The molecule has 0 bridgehead atoms. The Balaban J connectivity index is 1.28. The van der Waals surface area contributed by atoms with Crippen LogP contribution in [0.2, 0.25) is 0 Å². The maximum absolute atomic E-state index is 13.0. The van der Waals surface area contributed by atoms with Crippen LogP contribution in [-0.4, -0.2) is 72.6 Å². The van der Waals surface area contributed by atoms with E-state index in [1.54, 1.807) is 34.6 Å². The summed E-state index contributed by atoms with van der Waals surface area (Å²) < 4.78 is 29.5. The van der Waals surface area contributed by atoms with Gasteiger partial charge in [0.25, 0.3) is 5.91 Å². The number of hydrogen-bond donors (Lipinski definition) is 3. The number of nitrogens with one attached hydrogen (secondary N) is 3. The van der Waals surface area contributed by atoms with Gasteiger partial charge in [0, 0.05) is 6.54 Å². The molecule has 0 saturated carbocycles. The molecule has 3 saturated heterocycles. The Hall–Kier alpha value is -2.57. The average Bonchev–Trinajstić information content (AvgIpc) is 3.29. The van der Waals surface area contributed by atoms with Crippen LogP contribution in [0, 0.1) is 0 Å². The van der Waals surface area contributed by atoms with Crippen molar-refractivity contribution in [1.82, 2.24) is 16.0 Å². The standard InChI is InChI=1S/C24H33N3O8/c1-13(20(29)25-11-14-9-7-6-8-10-14)27-15(28)12-26-21(30)18-16-17(33-23(2,3)32-16)19-22(31-18)35-24(4,5)34-19/h6-10,13,16-19,22H,11-12H2,1-5H3,(H,25,29)(H,26,30)(H,27,28). The van der Waals surface area contributed by atoms with E-state index < -0.39 is 60.1 Å². The molecule has 1 aromatic rings. The highest BCUT2D eigenvalue weighted by Crippen LogP contribution is 2.44. The van der Waals surface area contributed by atoms with Gasteiger partial charge < -0.3 is 39.6 Å². The van der Waals surface area contributed by atoms with Gasteiger partial charge in [0.2, 0.25) is 11.8 Å². The predicted molar refractivity (Wildman–Crippen MR) is 121 cm³/mol. The van der Waals surface area contributed by atoms with E-state index in [2.05, 4.69) is 16.0 Å². The van der Waals surface area contributed by atoms with Gasteiger partial charge in [0.15, 0.2) is 24.0 Å². The third-order valence-electron chi connectivity index (χ3n) is 5.92. The van der Waals surface area contributed by atoms with Crippen molar-refractivity contribution in [3.63, 3.8) is 0 Å². The van der Waals surface area contributed by atoms with E-state index >= 15 is 0 Å². The number of ether oxygens (including phenoxy) is 5. The predicted octanol–water partition coefficient (Wildman–Crippen LogP) is 0.320. The zero-order valence-electron chi connectivity index (χ0n) is 20.5. The zero-order chi connectivity index (χ0) is 25.4. The Labute approximate surface area is 204 Å². The molecule has 3 N–H and O–H groups in total. The van der Waals surface area contributed by atoms with Crippen LogP contribution >= 0.6 is 0 Å². The van der Waals surface area contributed by atoms with Gasteiger partial charge in [-0.15, -0.1) is 0 Å². The minimum atomic E-state index is -1.07. The molecule has 6 atom stereocenters. The summed E-state index contributed by atoms with van der Waals surface area (Å²) in [5.41, 5.74) is 0.945. The van der Waals surface area contributed by atoms with Crippen LogP contribution in [0.15, 0.2) is 30.3 Å². The molecule has 3 aliphatic heterocycles. The first kappa shape index (κ1) is 25.5. The van der Waals surface area contributed by atoms with E-state index in [-0.39, 0.29) is 12.5 Å². The van der Waals surface area contributed by atoms with Gasteiger partial charge in [0.1, 0.15) is 24.4 Å². The maximum Gasteiger partial charge on any atom is 0.252 e. The van der Waals surface area contributed by atoms with E-state index in [0.717, 1.165) is 5.56 Å². The fourth-order valence-corrected chi connectivity index (χ4v) is 4.39. The second-order valence-electron chi connectivity index (χ2n) is 9.80. The van der Waals surface area contributed by atoms with Gasteiger partial charge in [-0.2, -0.15) is 0 Å². The normalized spacial score (nSPS) is 31.1. The summed E-state index contributed by atoms with van der Waals surface area (Å²) in [7, 11) is 0.